The summed E-state index contributed by atoms with van der Waals surface area (Å²) < 4.78 is 1.13. The normalized spacial score (nSPS) is 12.3. The minimum Gasteiger partial charge on any atom is -0.198 e. The van der Waals surface area contributed by atoms with Gasteiger partial charge >= 0.3 is 0 Å². The van der Waals surface area contributed by atoms with Gasteiger partial charge in [0.1, 0.15) is 0 Å². The van der Waals surface area contributed by atoms with Gasteiger partial charge in [0.2, 0.25) is 0 Å². The minimum atomic E-state index is -0.00412. The zero-order valence-corrected chi connectivity index (χ0v) is 11.0. The molecule has 0 aliphatic carbocycles. The molecule has 0 aliphatic rings. The fourth-order valence-corrected chi connectivity index (χ4v) is 3.66. The Morgan fingerprint density at radius 1 is 1.40 bits per heavy atom. The van der Waals surface area contributed by atoms with Crippen molar-refractivity contribution in [3.63, 3.8) is 0 Å². The molecule has 0 saturated heterocycles. The zero-order valence-electron chi connectivity index (χ0n) is 7.81. The van der Waals surface area contributed by atoms with Crippen molar-refractivity contribution in [2.24, 2.45) is 0 Å². The van der Waals surface area contributed by atoms with Gasteiger partial charge in [0.05, 0.1) is 15.8 Å². The minimum absolute atomic E-state index is 0.00412. The number of thiophene rings is 2. The highest BCUT2D eigenvalue weighted by atomic mass is 79.9. The highest BCUT2D eigenvalue weighted by Gasteiger charge is 2.13. The first kappa shape index (κ1) is 10.9. The largest absolute Gasteiger partial charge is 0.198 e. The van der Waals surface area contributed by atoms with E-state index in [9.17, 15) is 0 Å². The molecule has 4 heteroatoms. The first-order chi connectivity index (χ1) is 7.29. The van der Waals surface area contributed by atoms with Crippen molar-refractivity contribution < 1.29 is 0 Å². The maximum atomic E-state index is 9.12. The lowest BCUT2D eigenvalue weighted by Crippen LogP contribution is -1.95. The van der Waals surface area contributed by atoms with Crippen LogP contribution in [-0.2, 0) is 6.42 Å². The molecule has 2 rings (SSSR count). The highest BCUT2D eigenvalue weighted by molar-refractivity contribution is 9.11. The van der Waals surface area contributed by atoms with Gasteiger partial charge in [0.15, 0.2) is 0 Å². The van der Waals surface area contributed by atoms with Gasteiger partial charge < -0.3 is 0 Å². The second kappa shape index (κ2) is 4.93. The molecule has 0 amide bonds. The van der Waals surface area contributed by atoms with Gasteiger partial charge in [-0.25, -0.2) is 0 Å². The molecule has 2 heterocycles. The summed E-state index contributed by atoms with van der Waals surface area (Å²) in [4.78, 5) is 2.41. The average molecular weight is 298 g/mol. The van der Waals surface area contributed by atoms with Crippen LogP contribution in [-0.4, -0.2) is 0 Å². The number of nitriles is 1. The predicted octanol–water partition coefficient (Wildman–Crippen LogP) is 4.42. The Bertz CT molecular complexity index is 467. The Morgan fingerprint density at radius 2 is 2.27 bits per heavy atom. The average Bonchev–Trinajstić information content (AvgIpc) is 2.85. The molecule has 2 aromatic rings. The van der Waals surface area contributed by atoms with E-state index in [-0.39, 0.29) is 5.92 Å². The summed E-state index contributed by atoms with van der Waals surface area (Å²) >= 11 is 6.78. The molecule has 0 saturated carbocycles. The molecule has 0 fully saturated rings. The van der Waals surface area contributed by atoms with Gasteiger partial charge in [0.25, 0.3) is 0 Å². The van der Waals surface area contributed by atoms with Gasteiger partial charge in [-0.05, 0) is 39.5 Å². The summed E-state index contributed by atoms with van der Waals surface area (Å²) in [6.07, 6.45) is 0.813. The summed E-state index contributed by atoms with van der Waals surface area (Å²) in [5, 5.41) is 11.1. The van der Waals surface area contributed by atoms with E-state index >= 15 is 0 Å². The van der Waals surface area contributed by atoms with E-state index in [4.69, 9.17) is 5.26 Å². The van der Waals surface area contributed by atoms with Gasteiger partial charge in [-0.15, -0.1) is 22.7 Å². The first-order valence-corrected chi connectivity index (χ1v) is 6.95. The third kappa shape index (κ3) is 2.69. The topological polar surface area (TPSA) is 23.8 Å². The number of hydrogen-bond donors (Lipinski definition) is 0. The lowest BCUT2D eigenvalue weighted by Gasteiger charge is -2.03. The lowest BCUT2D eigenvalue weighted by atomic mass is 10.0. The van der Waals surface area contributed by atoms with Crippen molar-refractivity contribution >= 4 is 38.6 Å². The maximum absolute atomic E-state index is 9.12. The summed E-state index contributed by atoms with van der Waals surface area (Å²) in [7, 11) is 0. The van der Waals surface area contributed by atoms with E-state index in [1.807, 2.05) is 23.6 Å². The third-order valence-corrected chi connectivity index (χ3v) is 4.71. The Morgan fingerprint density at radius 3 is 2.80 bits per heavy atom. The van der Waals surface area contributed by atoms with Crippen LogP contribution in [0, 0.1) is 11.3 Å². The number of hydrogen-bond acceptors (Lipinski definition) is 3. The van der Waals surface area contributed by atoms with Gasteiger partial charge in [0, 0.05) is 16.2 Å². The SMILES string of the molecule is N#CC(Cc1ccc(Br)s1)c1cccs1. The smallest absolute Gasteiger partial charge is 0.0854 e. The molecule has 76 valence electrons. The van der Waals surface area contributed by atoms with Crippen LogP contribution in [0.2, 0.25) is 0 Å². The van der Waals surface area contributed by atoms with Crippen LogP contribution in [0.5, 0.6) is 0 Å². The first-order valence-electron chi connectivity index (χ1n) is 4.47. The highest BCUT2D eigenvalue weighted by Crippen LogP contribution is 2.29. The van der Waals surface area contributed by atoms with Crippen LogP contribution in [0.25, 0.3) is 0 Å². The Labute approximate surface area is 105 Å². The zero-order chi connectivity index (χ0) is 10.7. The van der Waals surface area contributed by atoms with E-state index in [0.29, 0.717) is 0 Å². The van der Waals surface area contributed by atoms with E-state index < -0.39 is 0 Å². The lowest BCUT2D eigenvalue weighted by molar-refractivity contribution is 0.882. The molecule has 0 aromatic carbocycles. The summed E-state index contributed by atoms with van der Waals surface area (Å²) in [6, 6.07) is 10.5. The quantitative estimate of drug-likeness (QED) is 0.822. The molecule has 0 spiro atoms. The number of rotatable bonds is 3. The molecule has 0 bridgehead atoms. The molecular weight excluding hydrogens is 290 g/mol. The monoisotopic (exact) mass is 297 g/mol. The van der Waals surface area contributed by atoms with Gasteiger partial charge in [-0.3, -0.25) is 0 Å². The second-order valence-electron chi connectivity index (χ2n) is 3.11. The van der Waals surface area contributed by atoms with Crippen molar-refractivity contribution in [1.82, 2.24) is 0 Å². The van der Waals surface area contributed by atoms with Crippen LogP contribution in [0.15, 0.2) is 33.4 Å². The molecule has 0 N–H and O–H groups in total. The molecule has 0 aliphatic heterocycles. The van der Waals surface area contributed by atoms with Crippen LogP contribution < -0.4 is 0 Å². The second-order valence-corrected chi connectivity index (χ2v) is 6.63. The Kier molecular flexibility index (Phi) is 3.57. The van der Waals surface area contributed by atoms with Gasteiger partial charge in [-0.1, -0.05) is 6.07 Å². The summed E-state index contributed by atoms with van der Waals surface area (Å²) in [5.74, 6) is -0.00412. The van der Waals surface area contributed by atoms with Crippen molar-refractivity contribution in [3.8, 4) is 6.07 Å². The van der Waals surface area contributed by atoms with Crippen LogP contribution in [0.1, 0.15) is 15.7 Å². The van der Waals surface area contributed by atoms with Gasteiger partial charge in [-0.2, -0.15) is 5.26 Å². The predicted molar refractivity (Wildman–Crippen MR) is 68.4 cm³/mol. The fourth-order valence-electron chi connectivity index (χ4n) is 1.36. The van der Waals surface area contributed by atoms with E-state index in [0.717, 1.165) is 15.1 Å². The van der Waals surface area contributed by atoms with Crippen molar-refractivity contribution in [3.05, 3.63) is 43.2 Å². The third-order valence-electron chi connectivity index (χ3n) is 2.08. The standard InChI is InChI=1S/C11H8BrNS2/c12-11-4-3-9(15-11)6-8(7-13)10-2-1-5-14-10/h1-5,8H,6H2. The van der Waals surface area contributed by atoms with Crippen LogP contribution in [0.3, 0.4) is 0 Å². The molecule has 1 unspecified atom stereocenters. The molecule has 15 heavy (non-hydrogen) atoms. The fraction of sp³-hybridized carbons (Fsp3) is 0.182. The van der Waals surface area contributed by atoms with Crippen LogP contribution >= 0.6 is 38.6 Å². The summed E-state index contributed by atoms with van der Waals surface area (Å²) in [6.45, 7) is 0. The molecular formula is C11H8BrNS2. The number of nitrogens with zero attached hydrogens (tertiary/aromatic N) is 1. The molecule has 0 radical (unpaired) electrons. The van der Waals surface area contributed by atoms with Crippen molar-refractivity contribution in [1.29, 1.82) is 5.26 Å². The summed E-state index contributed by atoms with van der Waals surface area (Å²) in [5.41, 5.74) is 0. The Hall–Kier alpha value is -0.630. The van der Waals surface area contributed by atoms with Crippen molar-refractivity contribution in [2.75, 3.05) is 0 Å². The van der Waals surface area contributed by atoms with Crippen LogP contribution in [0.4, 0.5) is 0 Å². The van der Waals surface area contributed by atoms with E-state index in [1.165, 1.54) is 4.88 Å². The number of halogens is 1. The maximum Gasteiger partial charge on any atom is 0.0854 e. The molecule has 2 aromatic heterocycles. The molecule has 1 atom stereocenters. The van der Waals surface area contributed by atoms with E-state index in [1.54, 1.807) is 22.7 Å². The molecule has 1 nitrogen and oxygen atoms in total. The van der Waals surface area contributed by atoms with E-state index in [2.05, 4.69) is 28.1 Å². The van der Waals surface area contributed by atoms with Crippen molar-refractivity contribution in [2.45, 2.75) is 12.3 Å². The Balaban J connectivity index is 2.14.